The fourth-order valence-corrected chi connectivity index (χ4v) is 5.05. The molecular weight excluding hydrogens is 431 g/mol. The van der Waals surface area contributed by atoms with Gasteiger partial charge in [-0.1, -0.05) is 38.2 Å². The van der Waals surface area contributed by atoms with Crippen LogP contribution in [-0.4, -0.2) is 32.5 Å². The van der Waals surface area contributed by atoms with Crippen molar-refractivity contribution in [1.29, 1.82) is 0 Å². The van der Waals surface area contributed by atoms with Gasteiger partial charge < -0.3 is 10.0 Å². The van der Waals surface area contributed by atoms with Gasteiger partial charge in [-0.3, -0.25) is 4.79 Å². The first kappa shape index (κ1) is 23.9. The number of carbonyl (C=O) groups is 1. The number of aromatic hydroxyl groups is 1. The Kier molecular flexibility index (Phi) is 8.04. The van der Waals surface area contributed by atoms with E-state index in [4.69, 9.17) is 0 Å². The molecule has 0 radical (unpaired) electrons. The first-order valence-corrected chi connectivity index (χ1v) is 12.3. The number of phenolic OH excluding ortho intramolecular Hbond substituents is 1. The fraction of sp³-hybridized carbons (Fsp3) is 0.375. The minimum atomic E-state index is -3.63. The number of amides is 1. The van der Waals surface area contributed by atoms with E-state index in [-0.39, 0.29) is 16.8 Å². The zero-order valence-electron chi connectivity index (χ0n) is 18.1. The number of benzene rings is 2. The van der Waals surface area contributed by atoms with Gasteiger partial charge in [-0.2, -0.15) is 0 Å². The highest BCUT2D eigenvalue weighted by molar-refractivity contribution is 7.89. The standard InChI is InChI=1S/C24H29FN2O4S/c1-27(24(29)16-10-18-9-15-23(28)22(25)17-18)20-11-13-21(14-12-20)32(30,31)26-19-7-5-3-2-4-6-8-19/h9-17,19,26,28H,2-8H2,1H3. The minimum Gasteiger partial charge on any atom is -0.505 e. The third-order valence-corrected chi connectivity index (χ3v) is 7.22. The molecule has 0 spiro atoms. The molecule has 1 saturated carbocycles. The number of hydrogen-bond donors (Lipinski definition) is 2. The molecule has 1 fully saturated rings. The Morgan fingerprint density at radius 1 is 1.06 bits per heavy atom. The molecule has 6 nitrogen and oxygen atoms in total. The normalized spacial score (nSPS) is 15.9. The first-order chi connectivity index (χ1) is 15.3. The number of anilines is 1. The van der Waals surface area contributed by atoms with Crippen LogP contribution < -0.4 is 9.62 Å². The Labute approximate surface area is 188 Å². The van der Waals surface area contributed by atoms with E-state index in [1.807, 2.05) is 0 Å². The minimum absolute atomic E-state index is 0.0425. The summed E-state index contributed by atoms with van der Waals surface area (Å²) in [5, 5.41) is 9.23. The molecule has 8 heteroatoms. The summed E-state index contributed by atoms with van der Waals surface area (Å²) in [5.74, 6) is -1.58. The molecule has 0 unspecified atom stereocenters. The second kappa shape index (κ2) is 10.7. The number of carbonyl (C=O) groups excluding carboxylic acids is 1. The van der Waals surface area contributed by atoms with Crippen molar-refractivity contribution in [2.24, 2.45) is 0 Å². The summed E-state index contributed by atoms with van der Waals surface area (Å²) in [7, 11) is -2.06. The van der Waals surface area contributed by atoms with Crippen LogP contribution in [0.5, 0.6) is 5.75 Å². The van der Waals surface area contributed by atoms with Crippen molar-refractivity contribution in [3.8, 4) is 5.75 Å². The molecule has 0 atom stereocenters. The summed E-state index contributed by atoms with van der Waals surface area (Å²) in [5.41, 5.74) is 0.963. The fourth-order valence-electron chi connectivity index (χ4n) is 3.74. The molecule has 3 rings (SSSR count). The van der Waals surface area contributed by atoms with Crippen LogP contribution in [0.4, 0.5) is 10.1 Å². The van der Waals surface area contributed by atoms with E-state index in [0.717, 1.165) is 44.6 Å². The zero-order chi connectivity index (χ0) is 23.1. The van der Waals surface area contributed by atoms with Gasteiger partial charge in [0.25, 0.3) is 5.91 Å². The monoisotopic (exact) mass is 460 g/mol. The van der Waals surface area contributed by atoms with Crippen LogP contribution in [-0.2, 0) is 14.8 Å². The second-order valence-corrected chi connectivity index (χ2v) is 9.81. The van der Waals surface area contributed by atoms with Crippen LogP contribution in [0.15, 0.2) is 53.4 Å². The highest BCUT2D eigenvalue weighted by Crippen LogP contribution is 2.22. The Hall–Kier alpha value is -2.71. The summed E-state index contributed by atoms with van der Waals surface area (Å²) in [6.07, 6.45) is 10.00. The molecule has 0 saturated heterocycles. The van der Waals surface area contributed by atoms with Crippen molar-refractivity contribution in [1.82, 2.24) is 4.72 Å². The van der Waals surface area contributed by atoms with Gasteiger partial charge in [0, 0.05) is 24.9 Å². The lowest BCUT2D eigenvalue weighted by atomic mass is 9.97. The second-order valence-electron chi connectivity index (χ2n) is 8.10. The molecule has 1 aliphatic carbocycles. The average molecular weight is 461 g/mol. The Morgan fingerprint density at radius 3 is 2.31 bits per heavy atom. The number of halogens is 1. The van der Waals surface area contributed by atoms with E-state index >= 15 is 0 Å². The largest absolute Gasteiger partial charge is 0.505 e. The number of rotatable bonds is 6. The average Bonchev–Trinajstić information content (AvgIpc) is 2.75. The van der Waals surface area contributed by atoms with Crippen molar-refractivity contribution in [3.05, 3.63) is 59.9 Å². The van der Waals surface area contributed by atoms with Gasteiger partial charge >= 0.3 is 0 Å². The number of nitrogens with zero attached hydrogens (tertiary/aromatic N) is 1. The molecule has 0 bridgehead atoms. The van der Waals surface area contributed by atoms with Crippen molar-refractivity contribution >= 4 is 27.7 Å². The summed E-state index contributed by atoms with van der Waals surface area (Å²) < 4.78 is 41.8. The molecule has 1 aliphatic rings. The number of phenols is 1. The zero-order valence-corrected chi connectivity index (χ0v) is 18.9. The number of nitrogens with one attached hydrogen (secondary N) is 1. The maximum absolute atomic E-state index is 13.4. The van der Waals surface area contributed by atoms with Gasteiger partial charge in [0.2, 0.25) is 10.0 Å². The SMILES string of the molecule is CN(C(=O)C=Cc1ccc(O)c(F)c1)c1ccc(S(=O)(=O)NC2CCCCCCC2)cc1. The summed E-state index contributed by atoms with van der Waals surface area (Å²) in [6.45, 7) is 0. The number of likely N-dealkylation sites (N-methyl/N-ethyl adjacent to an activating group) is 1. The number of sulfonamides is 1. The van der Waals surface area contributed by atoms with Gasteiger partial charge in [-0.05, 0) is 60.9 Å². The van der Waals surface area contributed by atoms with E-state index in [9.17, 15) is 22.7 Å². The Morgan fingerprint density at radius 2 is 1.69 bits per heavy atom. The lowest BCUT2D eigenvalue weighted by Gasteiger charge is -2.21. The molecule has 32 heavy (non-hydrogen) atoms. The van der Waals surface area contributed by atoms with Crippen molar-refractivity contribution < 1.29 is 22.7 Å². The predicted molar refractivity (Wildman–Crippen MR) is 123 cm³/mol. The van der Waals surface area contributed by atoms with Gasteiger partial charge in [0.1, 0.15) is 0 Å². The van der Waals surface area contributed by atoms with Crippen molar-refractivity contribution in [3.63, 3.8) is 0 Å². The van der Waals surface area contributed by atoms with Crippen LogP contribution in [0.3, 0.4) is 0 Å². The molecule has 2 aromatic rings. The molecular formula is C24H29FN2O4S. The molecule has 1 amide bonds. The van der Waals surface area contributed by atoms with Crippen molar-refractivity contribution in [2.75, 3.05) is 11.9 Å². The topological polar surface area (TPSA) is 86.7 Å². The lowest BCUT2D eigenvalue weighted by molar-refractivity contribution is -0.113. The van der Waals surface area contributed by atoms with Gasteiger partial charge in [-0.15, -0.1) is 0 Å². The van der Waals surface area contributed by atoms with Crippen molar-refractivity contribution in [2.45, 2.75) is 55.9 Å². The van der Waals surface area contributed by atoms with E-state index < -0.39 is 21.6 Å². The maximum atomic E-state index is 13.4. The van der Waals surface area contributed by atoms with Crippen LogP contribution >= 0.6 is 0 Å². The molecule has 0 aromatic heterocycles. The van der Waals surface area contributed by atoms with Gasteiger partial charge in [0.05, 0.1) is 4.90 Å². The highest BCUT2D eigenvalue weighted by atomic mass is 32.2. The van der Waals surface area contributed by atoms with Crippen LogP contribution in [0.1, 0.15) is 50.5 Å². The van der Waals surface area contributed by atoms with E-state index in [2.05, 4.69) is 4.72 Å². The maximum Gasteiger partial charge on any atom is 0.250 e. The molecule has 0 heterocycles. The molecule has 0 aliphatic heterocycles. The van der Waals surface area contributed by atoms with E-state index in [0.29, 0.717) is 11.3 Å². The number of hydrogen-bond acceptors (Lipinski definition) is 4. The van der Waals surface area contributed by atoms with E-state index in [1.54, 1.807) is 19.2 Å². The van der Waals surface area contributed by atoms with Crippen LogP contribution in [0, 0.1) is 5.82 Å². The summed E-state index contributed by atoms with van der Waals surface area (Å²) in [6, 6.07) is 9.93. The van der Waals surface area contributed by atoms with Crippen LogP contribution in [0.2, 0.25) is 0 Å². The Bertz CT molecular complexity index is 1060. The van der Waals surface area contributed by atoms with Gasteiger partial charge in [-0.25, -0.2) is 17.5 Å². The smallest absolute Gasteiger partial charge is 0.250 e. The molecule has 172 valence electrons. The first-order valence-electron chi connectivity index (χ1n) is 10.8. The summed E-state index contributed by atoms with van der Waals surface area (Å²) in [4.78, 5) is 14.0. The lowest BCUT2D eigenvalue weighted by Crippen LogP contribution is -2.35. The van der Waals surface area contributed by atoms with Crippen LogP contribution in [0.25, 0.3) is 6.08 Å². The van der Waals surface area contributed by atoms with Gasteiger partial charge in [0.15, 0.2) is 11.6 Å². The van der Waals surface area contributed by atoms with E-state index in [1.165, 1.54) is 47.7 Å². The predicted octanol–water partition coefficient (Wildman–Crippen LogP) is 4.60. The summed E-state index contributed by atoms with van der Waals surface area (Å²) >= 11 is 0. The molecule has 2 aromatic carbocycles. The molecule has 2 N–H and O–H groups in total. The Balaban J connectivity index is 1.64. The quantitative estimate of drug-likeness (QED) is 0.617. The third kappa shape index (κ3) is 6.40. The third-order valence-electron chi connectivity index (χ3n) is 5.68. The highest BCUT2D eigenvalue weighted by Gasteiger charge is 2.21.